The van der Waals surface area contributed by atoms with Crippen LogP contribution >= 0.6 is 0 Å². The molecule has 1 aliphatic rings. The Morgan fingerprint density at radius 1 is 0.267 bits per heavy atom. The van der Waals surface area contributed by atoms with Crippen LogP contribution in [0.25, 0.3) is 122 Å². The third kappa shape index (κ3) is 4.71. The molecule has 278 valence electrons. The Morgan fingerprint density at radius 3 is 1.52 bits per heavy atom. The van der Waals surface area contributed by atoms with Crippen LogP contribution in [0.5, 0.6) is 0 Å². The summed E-state index contributed by atoms with van der Waals surface area (Å²) >= 11 is 0. The van der Waals surface area contributed by atoms with E-state index in [9.17, 15) is 0 Å². The molecule has 0 unspecified atom stereocenters. The van der Waals surface area contributed by atoms with E-state index in [0.29, 0.717) is 17.5 Å². The summed E-state index contributed by atoms with van der Waals surface area (Å²) in [6, 6.07) is 71.5. The topological polar surface area (TPSA) is 48.5 Å². The van der Waals surface area contributed by atoms with Crippen LogP contribution in [0.1, 0.15) is 0 Å². The first-order valence-corrected chi connectivity index (χ1v) is 20.4. The number of hydrogen-bond acceptors (Lipinski definition) is 3. The molecule has 0 atom stereocenters. The minimum absolute atomic E-state index is 0.640. The fraction of sp³-hybridized carbons (Fsp3) is 0. The van der Waals surface area contributed by atoms with Gasteiger partial charge in [-0.1, -0.05) is 164 Å². The van der Waals surface area contributed by atoms with Crippen molar-refractivity contribution in [2.45, 2.75) is 0 Å². The summed E-state index contributed by atoms with van der Waals surface area (Å²) in [5, 5.41) is 7.08. The number of nitrogens with zero attached hydrogens (tertiary/aromatic N) is 5. The molecule has 0 aliphatic carbocycles. The lowest BCUT2D eigenvalue weighted by atomic mass is 9.94. The molecule has 0 amide bonds. The summed E-state index contributed by atoms with van der Waals surface area (Å²) in [4.78, 5) is 15.2. The van der Waals surface area contributed by atoms with E-state index < -0.39 is 0 Å². The highest BCUT2D eigenvalue weighted by Gasteiger charge is 2.26. The highest BCUT2D eigenvalue weighted by atomic mass is 15.0. The molecule has 5 nitrogen and oxygen atoms in total. The second-order valence-corrected chi connectivity index (χ2v) is 15.6. The highest BCUT2D eigenvalue weighted by Crippen LogP contribution is 2.48. The zero-order chi connectivity index (χ0) is 39.3. The fourth-order valence-electron chi connectivity index (χ4n) is 9.71. The van der Waals surface area contributed by atoms with Crippen molar-refractivity contribution >= 4 is 54.4 Å². The molecular weight excluding hydrogens is 731 g/mol. The van der Waals surface area contributed by atoms with Crippen molar-refractivity contribution in [3.63, 3.8) is 0 Å². The van der Waals surface area contributed by atoms with Gasteiger partial charge < -0.3 is 9.13 Å². The van der Waals surface area contributed by atoms with E-state index in [1.165, 1.54) is 60.5 Å². The molecule has 0 saturated heterocycles. The summed E-state index contributed by atoms with van der Waals surface area (Å²) in [5.41, 5.74) is 14.9. The summed E-state index contributed by atoms with van der Waals surface area (Å²) in [7, 11) is 0. The highest BCUT2D eigenvalue weighted by molar-refractivity contribution is 6.22. The van der Waals surface area contributed by atoms with Crippen molar-refractivity contribution in [3.8, 4) is 67.8 Å². The van der Waals surface area contributed by atoms with E-state index in [4.69, 9.17) is 15.0 Å². The molecule has 3 aromatic heterocycles. The van der Waals surface area contributed by atoms with Crippen molar-refractivity contribution in [2.24, 2.45) is 0 Å². The molecule has 9 aromatic carbocycles. The van der Waals surface area contributed by atoms with Gasteiger partial charge in [-0.05, 0) is 52.9 Å². The van der Waals surface area contributed by atoms with Gasteiger partial charge in [0.1, 0.15) is 0 Å². The standard InChI is InChI=1S/C55H33N5/c1-3-16-34(17-4-1)53-56-54(35-18-5-2-6-19-35)58-55(57-53)44-30-31-49(40-23-10-9-22-38(40)44)59-47-28-13-12-25-41(47)45-32-51-46(33-50(45)59)43-27-15-26-42-37-21-8-7-20-36(37)39-24-11-14-29-48(39)60(51)52(42)43/h1-33H. The average molecular weight is 764 g/mol. The van der Waals surface area contributed by atoms with E-state index in [2.05, 4.69) is 173 Å². The predicted octanol–water partition coefficient (Wildman–Crippen LogP) is 13.9. The monoisotopic (exact) mass is 763 g/mol. The molecule has 5 heteroatoms. The fourth-order valence-corrected chi connectivity index (χ4v) is 9.71. The molecule has 1 aliphatic heterocycles. The van der Waals surface area contributed by atoms with Crippen molar-refractivity contribution in [1.82, 2.24) is 24.1 Å². The Bertz CT molecular complexity index is 3650. The number of benzene rings is 9. The number of hydrogen-bond donors (Lipinski definition) is 0. The lowest BCUT2D eigenvalue weighted by Gasteiger charge is -2.15. The summed E-state index contributed by atoms with van der Waals surface area (Å²) < 4.78 is 4.96. The maximum absolute atomic E-state index is 5.13. The third-order valence-electron chi connectivity index (χ3n) is 12.3. The van der Waals surface area contributed by atoms with Gasteiger partial charge in [-0.2, -0.15) is 0 Å². The maximum Gasteiger partial charge on any atom is 0.164 e. The van der Waals surface area contributed by atoms with Gasteiger partial charge in [-0.25, -0.2) is 15.0 Å². The van der Waals surface area contributed by atoms with E-state index in [1.807, 2.05) is 36.4 Å². The number of fused-ring (bicyclic) bond motifs is 12. The number of rotatable bonds is 4. The molecule has 0 bridgehead atoms. The van der Waals surface area contributed by atoms with Crippen LogP contribution in [0.4, 0.5) is 0 Å². The minimum Gasteiger partial charge on any atom is -0.309 e. The van der Waals surface area contributed by atoms with Gasteiger partial charge in [0.2, 0.25) is 0 Å². The smallest absolute Gasteiger partial charge is 0.164 e. The SMILES string of the molecule is c1ccc(-c2nc(-c3ccccc3)nc(-c3ccc(-n4c5ccccc5c5cc6c(cc54)c4cccc5c4n6-c4ccccc4-c4ccccc4-5)c4ccccc34)n2)cc1. The largest absolute Gasteiger partial charge is 0.309 e. The van der Waals surface area contributed by atoms with Crippen molar-refractivity contribution in [3.05, 3.63) is 200 Å². The van der Waals surface area contributed by atoms with E-state index in [0.717, 1.165) is 44.2 Å². The van der Waals surface area contributed by atoms with Crippen LogP contribution in [-0.2, 0) is 0 Å². The van der Waals surface area contributed by atoms with Gasteiger partial charge in [-0.15, -0.1) is 0 Å². The second-order valence-electron chi connectivity index (χ2n) is 15.6. The Hall–Kier alpha value is -8.15. The van der Waals surface area contributed by atoms with Crippen LogP contribution in [0.2, 0.25) is 0 Å². The average Bonchev–Trinajstić information content (AvgIpc) is 3.78. The van der Waals surface area contributed by atoms with Crippen molar-refractivity contribution < 1.29 is 0 Å². The van der Waals surface area contributed by atoms with Crippen LogP contribution in [0, 0.1) is 0 Å². The van der Waals surface area contributed by atoms with Gasteiger partial charge in [0, 0.05) is 54.7 Å². The van der Waals surface area contributed by atoms with Gasteiger partial charge in [0.25, 0.3) is 0 Å². The molecule has 13 rings (SSSR count). The van der Waals surface area contributed by atoms with Crippen LogP contribution in [0.15, 0.2) is 200 Å². The van der Waals surface area contributed by atoms with Crippen molar-refractivity contribution in [1.29, 1.82) is 0 Å². The lowest BCUT2D eigenvalue weighted by Crippen LogP contribution is -2.01. The Kier molecular flexibility index (Phi) is 6.95. The molecule has 0 fully saturated rings. The predicted molar refractivity (Wildman–Crippen MR) is 247 cm³/mol. The Morgan fingerprint density at radius 2 is 0.783 bits per heavy atom. The number of aromatic nitrogens is 5. The van der Waals surface area contributed by atoms with E-state index in [-0.39, 0.29) is 0 Å². The van der Waals surface area contributed by atoms with Gasteiger partial charge in [0.05, 0.1) is 33.4 Å². The maximum atomic E-state index is 5.13. The second kappa shape index (κ2) is 12.7. The summed E-state index contributed by atoms with van der Waals surface area (Å²) in [6.07, 6.45) is 0. The first-order valence-electron chi connectivity index (χ1n) is 20.4. The van der Waals surface area contributed by atoms with Crippen LogP contribution in [-0.4, -0.2) is 24.1 Å². The molecule has 0 spiro atoms. The van der Waals surface area contributed by atoms with Crippen LogP contribution in [0.3, 0.4) is 0 Å². The number of para-hydroxylation sites is 3. The Balaban J connectivity index is 1.08. The zero-order valence-electron chi connectivity index (χ0n) is 32.3. The molecule has 4 heterocycles. The summed E-state index contributed by atoms with van der Waals surface area (Å²) in [5.74, 6) is 1.93. The first kappa shape index (κ1) is 32.9. The van der Waals surface area contributed by atoms with Gasteiger partial charge in [0.15, 0.2) is 17.5 Å². The van der Waals surface area contributed by atoms with Crippen LogP contribution < -0.4 is 0 Å². The van der Waals surface area contributed by atoms with Gasteiger partial charge >= 0.3 is 0 Å². The summed E-state index contributed by atoms with van der Waals surface area (Å²) in [6.45, 7) is 0. The molecule has 0 saturated carbocycles. The first-order chi connectivity index (χ1) is 29.8. The Labute approximate surface area is 345 Å². The van der Waals surface area contributed by atoms with E-state index in [1.54, 1.807) is 0 Å². The molecule has 12 aromatic rings. The van der Waals surface area contributed by atoms with Gasteiger partial charge in [-0.3, -0.25) is 0 Å². The third-order valence-corrected chi connectivity index (χ3v) is 12.3. The zero-order valence-corrected chi connectivity index (χ0v) is 32.3. The molecule has 60 heavy (non-hydrogen) atoms. The lowest BCUT2D eigenvalue weighted by molar-refractivity contribution is 1.08. The van der Waals surface area contributed by atoms with Crippen molar-refractivity contribution in [2.75, 3.05) is 0 Å². The normalized spacial score (nSPS) is 12.0. The molecular formula is C55H33N5. The molecule has 0 radical (unpaired) electrons. The van der Waals surface area contributed by atoms with E-state index >= 15 is 0 Å². The minimum atomic E-state index is 0.640. The quantitative estimate of drug-likeness (QED) is 0.179. The molecule has 0 N–H and O–H groups in total.